The number of hydrogen-bond donors (Lipinski definition) is 0. The van der Waals surface area contributed by atoms with Gasteiger partial charge in [0.2, 0.25) is 0 Å². The number of carboxylic acids is 1. The van der Waals surface area contributed by atoms with Crippen molar-refractivity contribution >= 4 is 5.97 Å². The molecule has 0 atom stereocenters. The van der Waals surface area contributed by atoms with Gasteiger partial charge in [0.25, 0.3) is 0 Å². The fourth-order valence-corrected chi connectivity index (χ4v) is 1.66. The Morgan fingerprint density at radius 2 is 1.78 bits per heavy atom. The number of hydrogen-bond acceptors (Lipinski definition) is 3. The SMILES string of the molecule is CCCOC[N+]1(C)CCCC1.O=C([O-])C(F)(F)F. The summed E-state index contributed by atoms with van der Waals surface area (Å²) >= 11 is 0. The second-order valence-corrected chi connectivity index (χ2v) is 4.60. The van der Waals surface area contributed by atoms with Crippen molar-refractivity contribution in [3.63, 3.8) is 0 Å². The standard InChI is InChI=1S/C9H20NO.C2HF3O2/c1-3-8-11-9-10(2)6-4-5-7-10;3-2(4,5)1(6)7/h3-9H2,1-2H3;(H,6,7)/q+1;/p-1. The molecule has 1 fully saturated rings. The lowest BCUT2D eigenvalue weighted by atomic mass is 10.4. The highest BCUT2D eigenvalue weighted by molar-refractivity contribution is 5.70. The summed E-state index contributed by atoms with van der Waals surface area (Å²) in [5.74, 6) is -3.01. The van der Waals surface area contributed by atoms with Gasteiger partial charge in [0.1, 0.15) is 5.97 Å². The van der Waals surface area contributed by atoms with Crippen molar-refractivity contribution in [1.82, 2.24) is 0 Å². The van der Waals surface area contributed by atoms with E-state index in [9.17, 15) is 13.2 Å². The van der Waals surface area contributed by atoms with Gasteiger partial charge < -0.3 is 19.1 Å². The lowest BCUT2D eigenvalue weighted by Gasteiger charge is -2.28. The zero-order valence-corrected chi connectivity index (χ0v) is 10.8. The molecule has 0 spiro atoms. The van der Waals surface area contributed by atoms with E-state index in [0.29, 0.717) is 0 Å². The molecular formula is C11H20F3NO3. The van der Waals surface area contributed by atoms with Gasteiger partial charge >= 0.3 is 6.18 Å². The van der Waals surface area contributed by atoms with Gasteiger partial charge in [-0.3, -0.25) is 0 Å². The van der Waals surface area contributed by atoms with Crippen molar-refractivity contribution in [2.24, 2.45) is 0 Å². The molecule has 1 rings (SSSR count). The van der Waals surface area contributed by atoms with Crippen molar-refractivity contribution in [2.75, 3.05) is 33.5 Å². The van der Waals surface area contributed by atoms with E-state index in [-0.39, 0.29) is 0 Å². The quantitative estimate of drug-likeness (QED) is 0.564. The summed E-state index contributed by atoms with van der Waals surface area (Å²) < 4.78 is 38.2. The predicted octanol–water partition coefficient (Wildman–Crippen LogP) is 0.909. The van der Waals surface area contributed by atoms with Crippen LogP contribution in [0.4, 0.5) is 13.2 Å². The number of quaternary nitrogens is 1. The Morgan fingerprint density at radius 1 is 1.33 bits per heavy atom. The van der Waals surface area contributed by atoms with Crippen LogP contribution >= 0.6 is 0 Å². The molecule has 0 aromatic rings. The minimum absolute atomic E-state index is 0.924. The van der Waals surface area contributed by atoms with Crippen LogP contribution in [0.1, 0.15) is 26.2 Å². The van der Waals surface area contributed by atoms with Gasteiger partial charge in [-0.05, 0) is 6.42 Å². The predicted molar refractivity (Wildman–Crippen MR) is 57.3 cm³/mol. The highest BCUT2D eigenvalue weighted by Gasteiger charge is 2.28. The Labute approximate surface area is 105 Å². The minimum atomic E-state index is -5.19. The lowest BCUT2D eigenvalue weighted by molar-refractivity contribution is -0.916. The number of halogens is 3. The van der Waals surface area contributed by atoms with Crippen molar-refractivity contribution < 1.29 is 32.3 Å². The molecule has 18 heavy (non-hydrogen) atoms. The molecule has 4 nitrogen and oxygen atoms in total. The topological polar surface area (TPSA) is 49.4 Å². The zero-order valence-electron chi connectivity index (χ0n) is 10.8. The molecule has 0 bridgehead atoms. The third-order valence-corrected chi connectivity index (χ3v) is 2.63. The van der Waals surface area contributed by atoms with E-state index in [1.807, 2.05) is 0 Å². The Bertz CT molecular complexity index is 250. The molecule has 1 heterocycles. The molecule has 1 aliphatic heterocycles. The number of likely N-dealkylation sites (tertiary alicyclic amines) is 1. The molecule has 0 radical (unpaired) electrons. The number of alkyl halides is 3. The molecule has 0 unspecified atom stereocenters. The molecule has 0 saturated carbocycles. The minimum Gasteiger partial charge on any atom is -0.542 e. The van der Waals surface area contributed by atoms with Gasteiger partial charge in [-0.2, -0.15) is 13.2 Å². The van der Waals surface area contributed by atoms with Gasteiger partial charge in [0, 0.05) is 12.8 Å². The summed E-state index contributed by atoms with van der Waals surface area (Å²) in [7, 11) is 2.29. The Kier molecular flexibility index (Phi) is 7.23. The molecule has 7 heteroatoms. The van der Waals surface area contributed by atoms with Crippen LogP contribution in [-0.4, -0.2) is 50.1 Å². The molecule has 0 aromatic carbocycles. The third-order valence-electron chi connectivity index (χ3n) is 2.63. The molecule has 0 N–H and O–H groups in total. The highest BCUT2D eigenvalue weighted by atomic mass is 19.4. The fourth-order valence-electron chi connectivity index (χ4n) is 1.66. The van der Waals surface area contributed by atoms with E-state index in [1.54, 1.807) is 0 Å². The zero-order chi connectivity index (χ0) is 14.2. The molecule has 1 saturated heterocycles. The van der Waals surface area contributed by atoms with Gasteiger partial charge in [-0.25, -0.2) is 0 Å². The van der Waals surface area contributed by atoms with E-state index in [2.05, 4.69) is 14.0 Å². The van der Waals surface area contributed by atoms with Crippen LogP contribution in [0, 0.1) is 0 Å². The lowest BCUT2D eigenvalue weighted by Crippen LogP contribution is -2.42. The number of carbonyl (C=O) groups is 1. The summed E-state index contributed by atoms with van der Waals surface area (Å²) in [5.41, 5.74) is 0. The van der Waals surface area contributed by atoms with Crippen LogP contribution in [0.3, 0.4) is 0 Å². The molecular weight excluding hydrogens is 251 g/mol. The van der Waals surface area contributed by atoms with E-state index in [4.69, 9.17) is 14.6 Å². The normalized spacial score (nSPS) is 18.1. The first-order chi connectivity index (χ1) is 8.21. The first-order valence-electron chi connectivity index (χ1n) is 5.91. The highest BCUT2D eigenvalue weighted by Crippen LogP contribution is 2.15. The summed E-state index contributed by atoms with van der Waals surface area (Å²) in [6.45, 7) is 6.62. The van der Waals surface area contributed by atoms with E-state index in [1.165, 1.54) is 25.9 Å². The van der Waals surface area contributed by atoms with Crippen molar-refractivity contribution in [3.8, 4) is 0 Å². The average molecular weight is 271 g/mol. The monoisotopic (exact) mass is 271 g/mol. The van der Waals surface area contributed by atoms with Crippen LogP contribution in [0.2, 0.25) is 0 Å². The van der Waals surface area contributed by atoms with Crippen molar-refractivity contribution in [1.29, 1.82) is 0 Å². The van der Waals surface area contributed by atoms with Gasteiger partial charge in [-0.1, -0.05) is 6.92 Å². The largest absolute Gasteiger partial charge is 0.542 e. The van der Waals surface area contributed by atoms with E-state index < -0.39 is 12.1 Å². The van der Waals surface area contributed by atoms with Crippen LogP contribution in [0.15, 0.2) is 0 Å². The van der Waals surface area contributed by atoms with Crippen molar-refractivity contribution in [2.45, 2.75) is 32.4 Å². The van der Waals surface area contributed by atoms with Gasteiger partial charge in [-0.15, -0.1) is 0 Å². The smallest absolute Gasteiger partial charge is 0.430 e. The van der Waals surface area contributed by atoms with Crippen LogP contribution in [0.5, 0.6) is 0 Å². The molecule has 0 amide bonds. The molecule has 1 aliphatic rings. The first-order valence-corrected chi connectivity index (χ1v) is 5.91. The number of carbonyl (C=O) groups excluding carboxylic acids is 1. The van der Waals surface area contributed by atoms with Gasteiger partial charge in [0.05, 0.1) is 26.7 Å². The van der Waals surface area contributed by atoms with Crippen LogP contribution < -0.4 is 5.11 Å². The number of nitrogens with zero attached hydrogens (tertiary/aromatic N) is 1. The van der Waals surface area contributed by atoms with Crippen LogP contribution in [0.25, 0.3) is 0 Å². The molecule has 0 aliphatic carbocycles. The average Bonchev–Trinajstić information content (AvgIpc) is 2.65. The molecule has 0 aromatic heterocycles. The number of carboxylic acid groups (broad SMARTS) is 1. The van der Waals surface area contributed by atoms with Crippen LogP contribution in [-0.2, 0) is 9.53 Å². The van der Waals surface area contributed by atoms with E-state index in [0.717, 1.165) is 24.2 Å². The number of rotatable bonds is 4. The second kappa shape index (κ2) is 7.58. The maximum atomic E-state index is 10.5. The first kappa shape index (κ1) is 17.2. The summed E-state index contributed by atoms with van der Waals surface area (Å²) in [5, 5.41) is 8.78. The van der Waals surface area contributed by atoms with Crippen molar-refractivity contribution in [3.05, 3.63) is 0 Å². The van der Waals surface area contributed by atoms with E-state index >= 15 is 0 Å². The third kappa shape index (κ3) is 7.50. The Hall–Kier alpha value is -0.820. The number of ether oxygens (including phenoxy) is 1. The summed E-state index contributed by atoms with van der Waals surface area (Å²) in [6.07, 6.45) is -1.29. The summed E-state index contributed by atoms with van der Waals surface area (Å²) in [4.78, 5) is 8.78. The fraction of sp³-hybridized carbons (Fsp3) is 0.909. The summed E-state index contributed by atoms with van der Waals surface area (Å²) in [6, 6.07) is 0. The number of aliphatic carboxylic acids is 1. The maximum Gasteiger partial charge on any atom is 0.430 e. The Morgan fingerprint density at radius 3 is 2.11 bits per heavy atom. The maximum absolute atomic E-state index is 10.5. The van der Waals surface area contributed by atoms with Gasteiger partial charge in [0.15, 0.2) is 6.73 Å². The Balaban J connectivity index is 0.000000360. The molecule has 108 valence electrons. The second-order valence-electron chi connectivity index (χ2n) is 4.60.